The standard InChI is InChI=1S/C31H26BrClFN3O2/c1-17-11-18(2)23(12-19(17)16-39-28-10-9-21(34)14-25(28)33)29-24(15-35)31(36)37(22-6-3-5-20(32)13-22)26-7-4-8-27(38)30(26)29/h3,5-6,9-14,29H,4,7-8,16,36H2,1-2H3. The molecule has 1 aliphatic heterocycles. The van der Waals surface area contributed by atoms with Gasteiger partial charge in [-0.3, -0.25) is 9.69 Å². The van der Waals surface area contributed by atoms with Crippen LogP contribution in [0.3, 0.4) is 0 Å². The largest absolute Gasteiger partial charge is 0.487 e. The van der Waals surface area contributed by atoms with Crippen molar-refractivity contribution in [3.63, 3.8) is 0 Å². The average molecular weight is 607 g/mol. The van der Waals surface area contributed by atoms with Crippen molar-refractivity contribution in [3.8, 4) is 11.8 Å². The highest BCUT2D eigenvalue weighted by atomic mass is 79.9. The quantitative estimate of drug-likeness (QED) is 0.321. The summed E-state index contributed by atoms with van der Waals surface area (Å²) in [5.74, 6) is -0.307. The van der Waals surface area contributed by atoms with Gasteiger partial charge in [-0.1, -0.05) is 45.7 Å². The highest BCUT2D eigenvalue weighted by Gasteiger charge is 2.41. The molecule has 1 atom stereocenters. The predicted molar refractivity (Wildman–Crippen MR) is 154 cm³/mol. The van der Waals surface area contributed by atoms with Gasteiger partial charge in [-0.05, 0) is 85.3 Å². The molecule has 2 aliphatic rings. The number of rotatable bonds is 5. The predicted octanol–water partition coefficient (Wildman–Crippen LogP) is 7.74. The van der Waals surface area contributed by atoms with Crippen LogP contribution in [-0.2, 0) is 11.4 Å². The summed E-state index contributed by atoms with van der Waals surface area (Å²) in [6.07, 6.45) is 1.81. The lowest BCUT2D eigenvalue weighted by molar-refractivity contribution is -0.116. The molecule has 0 fully saturated rings. The molecular weight excluding hydrogens is 581 g/mol. The Bertz CT molecular complexity index is 1610. The number of hydrogen-bond acceptors (Lipinski definition) is 5. The number of aryl methyl sites for hydroxylation is 2. The van der Waals surface area contributed by atoms with E-state index in [0.717, 1.165) is 38.1 Å². The maximum atomic E-state index is 13.5. The van der Waals surface area contributed by atoms with Crippen molar-refractivity contribution in [1.29, 1.82) is 5.26 Å². The van der Waals surface area contributed by atoms with Crippen molar-refractivity contribution in [1.82, 2.24) is 0 Å². The Kier molecular flexibility index (Phi) is 7.53. The van der Waals surface area contributed by atoms with E-state index in [1.807, 2.05) is 55.1 Å². The number of anilines is 1. The van der Waals surface area contributed by atoms with Gasteiger partial charge in [0.2, 0.25) is 0 Å². The molecule has 3 aromatic carbocycles. The minimum atomic E-state index is -0.588. The third kappa shape index (κ3) is 5.07. The summed E-state index contributed by atoms with van der Waals surface area (Å²) in [5.41, 5.74) is 12.9. The number of ketones is 1. The Morgan fingerprint density at radius 1 is 1.15 bits per heavy atom. The van der Waals surface area contributed by atoms with Gasteiger partial charge in [0.05, 0.1) is 22.6 Å². The molecule has 0 radical (unpaired) electrons. The molecule has 0 saturated carbocycles. The number of nitrogens with two attached hydrogens (primary N) is 1. The smallest absolute Gasteiger partial charge is 0.161 e. The molecule has 198 valence electrons. The molecule has 3 aromatic rings. The van der Waals surface area contributed by atoms with Crippen LogP contribution in [0.15, 0.2) is 81.7 Å². The highest BCUT2D eigenvalue weighted by Crippen LogP contribution is 2.47. The van der Waals surface area contributed by atoms with Crippen molar-refractivity contribution in [3.05, 3.63) is 115 Å². The van der Waals surface area contributed by atoms with Crippen LogP contribution in [0, 0.1) is 31.0 Å². The molecule has 1 unspecified atom stereocenters. The minimum Gasteiger partial charge on any atom is -0.487 e. The van der Waals surface area contributed by atoms with E-state index in [2.05, 4.69) is 22.0 Å². The van der Waals surface area contributed by atoms with E-state index in [4.69, 9.17) is 22.1 Å². The number of carbonyl (C=O) groups excluding carboxylic acids is 1. The molecule has 0 aromatic heterocycles. The maximum Gasteiger partial charge on any atom is 0.161 e. The van der Waals surface area contributed by atoms with E-state index in [0.29, 0.717) is 42.0 Å². The van der Waals surface area contributed by atoms with Gasteiger partial charge in [0.25, 0.3) is 0 Å². The number of allylic oxidation sites excluding steroid dienone is 3. The minimum absolute atomic E-state index is 0.0253. The van der Waals surface area contributed by atoms with Crippen molar-refractivity contribution >= 4 is 39.0 Å². The van der Waals surface area contributed by atoms with Crippen LogP contribution in [0.25, 0.3) is 0 Å². The first-order valence-electron chi connectivity index (χ1n) is 12.6. The van der Waals surface area contributed by atoms with Crippen LogP contribution in [0.1, 0.15) is 47.4 Å². The zero-order chi connectivity index (χ0) is 27.8. The Balaban J connectivity index is 1.62. The normalized spacial score (nSPS) is 17.3. The summed E-state index contributed by atoms with van der Waals surface area (Å²) in [4.78, 5) is 15.4. The van der Waals surface area contributed by atoms with E-state index >= 15 is 0 Å². The molecule has 8 heteroatoms. The van der Waals surface area contributed by atoms with Crippen LogP contribution in [0.5, 0.6) is 5.75 Å². The van der Waals surface area contributed by atoms with Gasteiger partial charge >= 0.3 is 0 Å². The Morgan fingerprint density at radius 3 is 2.67 bits per heavy atom. The first-order chi connectivity index (χ1) is 18.7. The monoisotopic (exact) mass is 605 g/mol. The van der Waals surface area contributed by atoms with Gasteiger partial charge in [0, 0.05) is 27.9 Å². The van der Waals surface area contributed by atoms with Crippen LogP contribution in [-0.4, -0.2) is 5.78 Å². The second-order valence-corrected chi connectivity index (χ2v) is 11.1. The van der Waals surface area contributed by atoms with E-state index < -0.39 is 11.7 Å². The zero-order valence-corrected chi connectivity index (χ0v) is 23.9. The zero-order valence-electron chi connectivity index (χ0n) is 21.5. The van der Waals surface area contributed by atoms with Gasteiger partial charge in [0.1, 0.15) is 24.0 Å². The molecule has 2 N–H and O–H groups in total. The second-order valence-electron chi connectivity index (χ2n) is 9.79. The SMILES string of the molecule is Cc1cc(C)c(C2C(C#N)=C(N)N(c3cccc(Br)c3)C3=C2C(=O)CCC3)cc1COc1ccc(F)cc1Cl. The molecule has 5 nitrogen and oxygen atoms in total. The molecule has 0 spiro atoms. The molecule has 5 rings (SSSR count). The van der Waals surface area contributed by atoms with E-state index in [1.165, 1.54) is 18.2 Å². The van der Waals surface area contributed by atoms with Gasteiger partial charge in [-0.15, -0.1) is 0 Å². The average Bonchev–Trinajstić information content (AvgIpc) is 2.89. The second kappa shape index (κ2) is 10.9. The number of nitriles is 1. The highest BCUT2D eigenvalue weighted by molar-refractivity contribution is 9.10. The van der Waals surface area contributed by atoms with Crippen molar-refractivity contribution < 1.29 is 13.9 Å². The number of nitrogens with zero attached hydrogens (tertiary/aromatic N) is 2. The first kappa shape index (κ1) is 27.0. The Hall–Kier alpha value is -3.60. The lowest BCUT2D eigenvalue weighted by Gasteiger charge is -2.40. The fraction of sp³-hybridized carbons (Fsp3) is 0.226. The Morgan fingerprint density at radius 2 is 1.95 bits per heavy atom. The van der Waals surface area contributed by atoms with Crippen molar-refractivity contribution in [2.75, 3.05) is 4.90 Å². The summed E-state index contributed by atoms with van der Waals surface area (Å²) >= 11 is 9.68. The molecule has 1 heterocycles. The van der Waals surface area contributed by atoms with E-state index in [-0.39, 0.29) is 17.4 Å². The lowest BCUT2D eigenvalue weighted by atomic mass is 9.74. The van der Waals surface area contributed by atoms with E-state index in [1.54, 1.807) is 0 Å². The lowest BCUT2D eigenvalue weighted by Crippen LogP contribution is -2.39. The van der Waals surface area contributed by atoms with Crippen LogP contribution in [0.4, 0.5) is 10.1 Å². The van der Waals surface area contributed by atoms with Crippen molar-refractivity contribution in [2.45, 2.75) is 45.6 Å². The fourth-order valence-corrected chi connectivity index (χ4v) is 6.05. The summed E-state index contributed by atoms with van der Waals surface area (Å²) in [6.45, 7) is 4.13. The summed E-state index contributed by atoms with van der Waals surface area (Å²) in [5, 5.41) is 10.6. The van der Waals surface area contributed by atoms with Crippen molar-refractivity contribution in [2.24, 2.45) is 5.73 Å². The van der Waals surface area contributed by atoms with Gasteiger partial charge < -0.3 is 10.5 Å². The third-order valence-electron chi connectivity index (χ3n) is 7.29. The number of carbonyl (C=O) groups is 1. The third-order valence-corrected chi connectivity index (χ3v) is 8.08. The summed E-state index contributed by atoms with van der Waals surface area (Å²) in [7, 11) is 0. The maximum absolute atomic E-state index is 13.5. The number of benzene rings is 3. The molecule has 0 bridgehead atoms. The molecule has 1 aliphatic carbocycles. The summed E-state index contributed by atoms with van der Waals surface area (Å²) in [6, 6.07) is 18.0. The summed E-state index contributed by atoms with van der Waals surface area (Å²) < 4.78 is 20.3. The molecule has 0 saturated heterocycles. The fourth-order valence-electron chi connectivity index (χ4n) is 5.44. The number of ether oxygens (including phenoxy) is 1. The van der Waals surface area contributed by atoms with Gasteiger partial charge in [-0.2, -0.15) is 5.26 Å². The topological polar surface area (TPSA) is 79.4 Å². The molecular formula is C31H26BrClFN3O2. The van der Waals surface area contributed by atoms with Crippen LogP contribution < -0.4 is 15.4 Å². The molecule has 39 heavy (non-hydrogen) atoms. The number of Topliss-reactive ketones (excluding diaryl/α,β-unsaturated/α-hetero) is 1. The van der Waals surface area contributed by atoms with Gasteiger partial charge in [-0.25, -0.2) is 4.39 Å². The molecule has 0 amide bonds. The van der Waals surface area contributed by atoms with Crippen LogP contribution in [0.2, 0.25) is 5.02 Å². The number of hydrogen-bond donors (Lipinski definition) is 1. The van der Waals surface area contributed by atoms with Gasteiger partial charge in [0.15, 0.2) is 5.78 Å². The first-order valence-corrected chi connectivity index (χ1v) is 13.8. The Labute approximate surface area is 240 Å². The number of halogens is 3. The van der Waals surface area contributed by atoms with E-state index in [9.17, 15) is 14.4 Å². The van der Waals surface area contributed by atoms with Crippen LogP contribution >= 0.6 is 27.5 Å².